The topological polar surface area (TPSA) is 114 Å². The van der Waals surface area contributed by atoms with Gasteiger partial charge < -0.3 is 19.9 Å². The zero-order valence-corrected chi connectivity index (χ0v) is 23.5. The molecule has 0 spiro atoms. The lowest BCUT2D eigenvalue weighted by Gasteiger charge is -2.34. The van der Waals surface area contributed by atoms with Crippen molar-refractivity contribution in [2.24, 2.45) is 5.92 Å². The lowest BCUT2D eigenvalue weighted by molar-refractivity contribution is -0.125. The number of carbonyl (C=O) groups is 1. The van der Waals surface area contributed by atoms with Crippen LogP contribution in [0.4, 0.5) is 5.95 Å². The average molecular weight is 549 g/mol. The Morgan fingerprint density at radius 1 is 1.25 bits per heavy atom. The number of nitrogens with zero attached hydrogens (tertiary/aromatic N) is 5. The largest absolute Gasteiger partial charge is 0.460 e. The highest BCUT2D eigenvalue weighted by atomic mass is 16.5. The van der Waals surface area contributed by atoms with Crippen molar-refractivity contribution in [3.63, 3.8) is 0 Å². The third-order valence-electron chi connectivity index (χ3n) is 7.75. The summed E-state index contributed by atoms with van der Waals surface area (Å²) < 4.78 is 13.4. The Balaban J connectivity index is 1.28. The van der Waals surface area contributed by atoms with E-state index in [1.54, 1.807) is 4.52 Å². The Bertz CT molecular complexity index is 1320. The van der Waals surface area contributed by atoms with Gasteiger partial charge in [-0.2, -0.15) is 19.6 Å². The summed E-state index contributed by atoms with van der Waals surface area (Å²) >= 11 is 0. The average Bonchev–Trinajstić information content (AvgIpc) is 3.41. The highest BCUT2D eigenvalue weighted by molar-refractivity contribution is 5.83. The number of ketones is 1. The van der Waals surface area contributed by atoms with E-state index in [1.807, 2.05) is 29.3 Å². The fourth-order valence-electron chi connectivity index (χ4n) is 5.43. The van der Waals surface area contributed by atoms with Crippen LogP contribution in [0.2, 0.25) is 0 Å². The number of aromatic nitrogens is 4. The van der Waals surface area contributed by atoms with Crippen LogP contribution in [0.1, 0.15) is 62.1 Å². The second kappa shape index (κ2) is 12.9. The van der Waals surface area contributed by atoms with Gasteiger partial charge in [-0.1, -0.05) is 44.7 Å². The van der Waals surface area contributed by atoms with Gasteiger partial charge in [0.15, 0.2) is 5.65 Å². The fourth-order valence-corrected chi connectivity index (χ4v) is 5.43. The molecule has 0 radical (unpaired) electrons. The zero-order valence-electron chi connectivity index (χ0n) is 23.5. The van der Waals surface area contributed by atoms with Crippen molar-refractivity contribution in [3.8, 4) is 6.01 Å². The Kier molecular flexibility index (Phi) is 9.08. The van der Waals surface area contributed by atoms with Crippen LogP contribution in [0.3, 0.4) is 0 Å². The molecule has 5 rings (SSSR count). The van der Waals surface area contributed by atoms with E-state index < -0.39 is 6.23 Å². The van der Waals surface area contributed by atoms with Gasteiger partial charge in [-0.3, -0.25) is 9.69 Å². The van der Waals surface area contributed by atoms with Gasteiger partial charge in [-0.25, -0.2) is 0 Å². The van der Waals surface area contributed by atoms with Crippen LogP contribution in [-0.4, -0.2) is 74.0 Å². The number of hydrogen-bond acceptors (Lipinski definition) is 9. The first kappa shape index (κ1) is 28.2. The first-order chi connectivity index (χ1) is 19.4. The number of piperidine rings is 1. The molecule has 2 aliphatic rings. The molecule has 1 aromatic carbocycles. The smallest absolute Gasteiger partial charge is 0.322 e. The minimum absolute atomic E-state index is 0.0277. The molecule has 0 bridgehead atoms. The number of aliphatic hydroxyl groups excluding tert-OH is 1. The maximum atomic E-state index is 13.1. The number of likely N-dealkylation sites (tertiary alicyclic amines) is 1. The second-order valence-corrected chi connectivity index (χ2v) is 11.0. The summed E-state index contributed by atoms with van der Waals surface area (Å²) in [6.45, 7) is 11.1. The third kappa shape index (κ3) is 6.68. The van der Waals surface area contributed by atoms with Crippen LogP contribution in [-0.2, 0) is 22.5 Å². The van der Waals surface area contributed by atoms with Gasteiger partial charge in [0.25, 0.3) is 0 Å². The molecule has 10 heteroatoms. The molecule has 0 aliphatic carbocycles. The van der Waals surface area contributed by atoms with E-state index in [4.69, 9.17) is 14.5 Å². The number of anilines is 1. The molecule has 2 atom stereocenters. The maximum absolute atomic E-state index is 13.1. The lowest BCUT2D eigenvalue weighted by Crippen LogP contribution is -2.44. The molecule has 2 saturated heterocycles. The van der Waals surface area contributed by atoms with Gasteiger partial charge in [0.2, 0.25) is 5.95 Å². The molecule has 214 valence electrons. The number of benzene rings is 1. The van der Waals surface area contributed by atoms with E-state index in [2.05, 4.69) is 41.9 Å². The van der Waals surface area contributed by atoms with Crippen molar-refractivity contribution in [1.82, 2.24) is 24.5 Å². The van der Waals surface area contributed by atoms with Crippen LogP contribution in [0.15, 0.2) is 43.1 Å². The highest BCUT2D eigenvalue weighted by Crippen LogP contribution is 2.25. The van der Waals surface area contributed by atoms with Gasteiger partial charge >= 0.3 is 6.01 Å². The van der Waals surface area contributed by atoms with Crippen molar-refractivity contribution in [2.45, 2.75) is 70.7 Å². The first-order valence-electron chi connectivity index (χ1n) is 14.3. The predicted molar refractivity (Wildman–Crippen MR) is 152 cm³/mol. The summed E-state index contributed by atoms with van der Waals surface area (Å²) in [6, 6.07) is 8.40. The molecular weight excluding hydrogens is 508 g/mol. The van der Waals surface area contributed by atoms with Crippen LogP contribution >= 0.6 is 0 Å². The van der Waals surface area contributed by atoms with Gasteiger partial charge in [-0.15, -0.1) is 0 Å². The van der Waals surface area contributed by atoms with Crippen molar-refractivity contribution >= 4 is 17.4 Å². The fraction of sp³-hybridized carbons (Fsp3) is 0.533. The Morgan fingerprint density at radius 3 is 2.83 bits per heavy atom. The molecule has 2 aromatic heterocycles. The molecule has 2 fully saturated rings. The minimum atomic E-state index is -0.702. The van der Waals surface area contributed by atoms with Crippen LogP contribution in [0, 0.1) is 5.92 Å². The second-order valence-electron chi connectivity index (χ2n) is 11.0. The lowest BCUT2D eigenvalue weighted by atomic mass is 9.90. The van der Waals surface area contributed by atoms with Crippen molar-refractivity contribution in [3.05, 3.63) is 59.8 Å². The Labute approximate surface area is 235 Å². The summed E-state index contributed by atoms with van der Waals surface area (Å²) in [5, 5.41) is 18.1. The number of hydrogen-bond donors (Lipinski definition) is 2. The molecule has 2 unspecified atom stereocenters. The molecular formula is C30H40N6O4. The van der Waals surface area contributed by atoms with E-state index in [0.717, 1.165) is 54.6 Å². The number of aliphatic hydroxyl groups is 1. The molecule has 0 amide bonds. The normalized spacial score (nSPS) is 19.6. The molecule has 10 nitrogen and oxygen atoms in total. The summed E-state index contributed by atoms with van der Waals surface area (Å²) in [5.41, 5.74) is 3.78. The summed E-state index contributed by atoms with van der Waals surface area (Å²) in [5.74, 6) is 0.935. The number of Topliss-reactive ketones (excluding diaryl/α,β-unsaturated/α-hetero) is 1. The van der Waals surface area contributed by atoms with Gasteiger partial charge in [-0.05, 0) is 36.0 Å². The number of nitrogens with one attached hydrogen (secondary N) is 1. The number of carbonyl (C=O) groups excluding carboxylic acids is 1. The summed E-state index contributed by atoms with van der Waals surface area (Å²) in [4.78, 5) is 24.4. The van der Waals surface area contributed by atoms with Gasteiger partial charge in [0, 0.05) is 50.4 Å². The van der Waals surface area contributed by atoms with Gasteiger partial charge in [0.1, 0.15) is 18.1 Å². The molecule has 40 heavy (non-hydrogen) atoms. The molecule has 4 heterocycles. The zero-order chi connectivity index (χ0) is 28.1. The molecule has 3 aromatic rings. The SMILES string of the molecule is C=CC(O)N1CCCC(C(=O)Cc2cccc(CNc3nc(OC4CCOCC4)nc4c(C(C)C)cnn34)c2)C1. The first-order valence-corrected chi connectivity index (χ1v) is 14.3. The monoisotopic (exact) mass is 548 g/mol. The number of fused-ring (bicyclic) bond motifs is 1. The summed E-state index contributed by atoms with van der Waals surface area (Å²) in [7, 11) is 0. The van der Waals surface area contributed by atoms with Gasteiger partial charge in [0.05, 0.1) is 19.4 Å². The van der Waals surface area contributed by atoms with E-state index in [9.17, 15) is 9.90 Å². The molecule has 0 saturated carbocycles. The van der Waals surface area contributed by atoms with E-state index in [0.29, 0.717) is 44.7 Å². The van der Waals surface area contributed by atoms with E-state index in [-0.39, 0.29) is 23.7 Å². The number of rotatable bonds is 11. The number of ether oxygens (including phenoxy) is 2. The quantitative estimate of drug-likeness (QED) is 0.346. The van der Waals surface area contributed by atoms with E-state index in [1.165, 1.54) is 6.08 Å². The van der Waals surface area contributed by atoms with Crippen LogP contribution < -0.4 is 10.1 Å². The minimum Gasteiger partial charge on any atom is -0.460 e. The highest BCUT2D eigenvalue weighted by Gasteiger charge is 2.28. The molecule has 2 N–H and O–H groups in total. The summed E-state index contributed by atoms with van der Waals surface area (Å²) in [6.07, 6.45) is 6.42. The van der Waals surface area contributed by atoms with Crippen LogP contribution in [0.5, 0.6) is 6.01 Å². The Hall–Kier alpha value is -3.34. The molecule has 2 aliphatic heterocycles. The Morgan fingerprint density at radius 2 is 2.05 bits per heavy atom. The maximum Gasteiger partial charge on any atom is 0.322 e. The predicted octanol–water partition coefficient (Wildman–Crippen LogP) is 3.75. The van der Waals surface area contributed by atoms with Crippen LogP contribution in [0.25, 0.3) is 5.65 Å². The van der Waals surface area contributed by atoms with Crippen molar-refractivity contribution in [1.29, 1.82) is 0 Å². The standard InChI is InChI=1S/C30H40N6O4/c1-4-27(38)35-12-6-9-23(19-35)26(37)16-21-7-5-8-22(15-21)17-31-29-34-30(40-24-10-13-39-14-11-24)33-28-25(20(2)3)18-32-36(28)29/h4-5,7-8,15,18,20,23-24,27,38H,1,6,9-14,16-17,19H2,2-3H3,(H,31,33,34). The van der Waals surface area contributed by atoms with Crippen molar-refractivity contribution in [2.75, 3.05) is 31.6 Å². The van der Waals surface area contributed by atoms with E-state index >= 15 is 0 Å². The van der Waals surface area contributed by atoms with Crippen molar-refractivity contribution < 1.29 is 19.4 Å². The third-order valence-corrected chi connectivity index (χ3v) is 7.75.